The molecule has 1 aliphatic rings. The van der Waals surface area contributed by atoms with E-state index < -0.39 is 18.0 Å². The van der Waals surface area contributed by atoms with Crippen LogP contribution < -0.4 is 11.4 Å². The van der Waals surface area contributed by atoms with Crippen molar-refractivity contribution in [3.05, 3.63) is 34.7 Å². The van der Waals surface area contributed by atoms with Crippen molar-refractivity contribution >= 4 is 5.82 Å². The fourth-order valence-corrected chi connectivity index (χ4v) is 2.82. The second-order valence-corrected chi connectivity index (χ2v) is 6.39. The number of nitrogens with two attached hydrogens (primary N) is 1. The van der Waals surface area contributed by atoms with Gasteiger partial charge in [0.05, 0.1) is 0 Å². The first-order valence-electron chi connectivity index (χ1n) is 7.97. The first kappa shape index (κ1) is 17.3. The molecule has 3 N–H and O–H groups in total. The fourth-order valence-electron chi connectivity index (χ4n) is 2.82. The number of aliphatic hydroxyl groups excluding tert-OH is 1. The van der Waals surface area contributed by atoms with Crippen molar-refractivity contribution in [3.8, 4) is 0 Å². The van der Waals surface area contributed by atoms with Crippen molar-refractivity contribution in [2.45, 2.75) is 65.0 Å². The Balaban J connectivity index is 2.11. The lowest BCUT2D eigenvalue weighted by Gasteiger charge is -2.30. The minimum atomic E-state index is -0.440. The van der Waals surface area contributed by atoms with Crippen LogP contribution in [0.4, 0.5) is 5.82 Å². The van der Waals surface area contributed by atoms with Crippen LogP contribution in [0.2, 0.25) is 0 Å². The lowest BCUT2D eigenvalue weighted by molar-refractivity contribution is -0.00257. The maximum atomic E-state index is 11.9. The van der Waals surface area contributed by atoms with Crippen LogP contribution >= 0.6 is 0 Å². The van der Waals surface area contributed by atoms with E-state index in [9.17, 15) is 9.90 Å². The number of nitrogen functional groups attached to an aromatic ring is 1. The van der Waals surface area contributed by atoms with E-state index in [4.69, 9.17) is 10.5 Å². The van der Waals surface area contributed by atoms with E-state index in [2.05, 4.69) is 37.6 Å². The highest BCUT2D eigenvalue weighted by molar-refractivity contribution is 5.23. The fraction of sp³-hybridized carbons (Fsp3) is 0.625. The third-order valence-electron chi connectivity index (χ3n) is 3.96. The number of aliphatic hydroxyl groups is 1. The summed E-state index contributed by atoms with van der Waals surface area (Å²) in [4.78, 5) is 17.6. The third-order valence-corrected chi connectivity index (χ3v) is 3.96. The van der Waals surface area contributed by atoms with Gasteiger partial charge in [-0.25, -0.2) is 4.79 Å². The molecule has 128 valence electrons. The predicted molar refractivity (Wildman–Crippen MR) is 88.9 cm³/mol. The van der Waals surface area contributed by atoms with Gasteiger partial charge in [-0.05, 0) is 46.6 Å². The Morgan fingerprint density at radius 2 is 2.09 bits per heavy atom. The summed E-state index contributed by atoms with van der Waals surface area (Å²) < 4.78 is 7.24. The van der Waals surface area contributed by atoms with Crippen LogP contribution in [0.5, 0.6) is 0 Å². The first-order valence-corrected chi connectivity index (χ1v) is 7.97. The number of nitrogens with zero attached hydrogens (tertiary/aromatic N) is 3. The molecule has 2 heterocycles. The topological polar surface area (TPSA) is 93.6 Å². The third kappa shape index (κ3) is 4.04. The SMILES string of the molecule is CC(C)N(C=C(O)[C@@H]1CC[C@H](n2ccc(N)nc2=O)O1)C(C)C. The van der Waals surface area contributed by atoms with Gasteiger partial charge in [0.1, 0.15) is 23.9 Å². The molecule has 7 heteroatoms. The zero-order chi connectivity index (χ0) is 17.1. The van der Waals surface area contributed by atoms with Crippen molar-refractivity contribution in [1.29, 1.82) is 0 Å². The van der Waals surface area contributed by atoms with E-state index >= 15 is 0 Å². The quantitative estimate of drug-likeness (QED) is 0.806. The Morgan fingerprint density at radius 3 is 2.65 bits per heavy atom. The first-order chi connectivity index (χ1) is 10.8. The molecule has 0 aromatic carbocycles. The van der Waals surface area contributed by atoms with Gasteiger partial charge in [0.15, 0.2) is 0 Å². The number of rotatable bonds is 5. The molecule has 1 aliphatic heterocycles. The van der Waals surface area contributed by atoms with Crippen LogP contribution in [-0.4, -0.2) is 37.7 Å². The van der Waals surface area contributed by atoms with Crippen molar-refractivity contribution < 1.29 is 9.84 Å². The molecule has 0 unspecified atom stereocenters. The molecule has 0 saturated carbocycles. The Labute approximate surface area is 136 Å². The van der Waals surface area contributed by atoms with Crippen molar-refractivity contribution in [1.82, 2.24) is 14.5 Å². The van der Waals surface area contributed by atoms with E-state index in [1.807, 2.05) is 0 Å². The Morgan fingerprint density at radius 1 is 1.43 bits per heavy atom. The van der Waals surface area contributed by atoms with Gasteiger partial charge in [-0.1, -0.05) is 0 Å². The molecule has 1 saturated heterocycles. The minimum absolute atomic E-state index is 0.186. The maximum absolute atomic E-state index is 11.9. The summed E-state index contributed by atoms with van der Waals surface area (Å²) in [7, 11) is 0. The average molecular weight is 322 g/mol. The van der Waals surface area contributed by atoms with Gasteiger partial charge in [0, 0.05) is 24.5 Å². The second-order valence-electron chi connectivity index (χ2n) is 6.39. The molecule has 0 bridgehead atoms. The maximum Gasteiger partial charge on any atom is 0.351 e. The van der Waals surface area contributed by atoms with Crippen LogP contribution in [-0.2, 0) is 4.74 Å². The molecular weight excluding hydrogens is 296 g/mol. The number of hydrogen-bond acceptors (Lipinski definition) is 6. The molecule has 23 heavy (non-hydrogen) atoms. The molecule has 0 amide bonds. The van der Waals surface area contributed by atoms with Crippen LogP contribution in [0.15, 0.2) is 29.0 Å². The molecule has 0 radical (unpaired) electrons. The number of ether oxygens (including phenoxy) is 1. The minimum Gasteiger partial charge on any atom is -0.508 e. The normalized spacial score (nSPS) is 22.1. The Hall–Kier alpha value is -2.02. The van der Waals surface area contributed by atoms with Gasteiger partial charge < -0.3 is 20.5 Å². The molecule has 2 atom stereocenters. The second kappa shape index (κ2) is 7.04. The molecule has 2 rings (SSSR count). The van der Waals surface area contributed by atoms with E-state index in [0.717, 1.165) is 0 Å². The summed E-state index contributed by atoms with van der Waals surface area (Å²) >= 11 is 0. The summed E-state index contributed by atoms with van der Waals surface area (Å²) in [5, 5.41) is 10.4. The van der Waals surface area contributed by atoms with Crippen LogP contribution in [0.1, 0.15) is 46.8 Å². The van der Waals surface area contributed by atoms with E-state index in [-0.39, 0.29) is 23.7 Å². The molecule has 0 spiro atoms. The largest absolute Gasteiger partial charge is 0.508 e. The lowest BCUT2D eigenvalue weighted by Crippen LogP contribution is -2.33. The summed E-state index contributed by atoms with van der Waals surface area (Å²) in [6.07, 6.45) is 3.76. The van der Waals surface area contributed by atoms with Gasteiger partial charge in [-0.2, -0.15) is 4.98 Å². The van der Waals surface area contributed by atoms with Crippen molar-refractivity contribution in [2.24, 2.45) is 0 Å². The standard InChI is InChI=1S/C16H26N4O3/c1-10(2)20(11(3)4)9-12(21)13-5-6-15(23-13)19-8-7-14(17)18-16(19)22/h7-11,13,15,21H,5-6H2,1-4H3,(H2,17,18,22)/t13-,15+/m0/s1. The molecule has 1 aromatic heterocycles. The monoisotopic (exact) mass is 322 g/mol. The Bertz CT molecular complexity index is 616. The van der Waals surface area contributed by atoms with Crippen LogP contribution in [0.25, 0.3) is 0 Å². The van der Waals surface area contributed by atoms with Crippen molar-refractivity contribution in [3.63, 3.8) is 0 Å². The number of hydrogen-bond donors (Lipinski definition) is 2. The molecule has 7 nitrogen and oxygen atoms in total. The smallest absolute Gasteiger partial charge is 0.351 e. The highest BCUT2D eigenvalue weighted by atomic mass is 16.5. The summed E-state index contributed by atoms with van der Waals surface area (Å²) in [6.45, 7) is 8.28. The predicted octanol–water partition coefficient (Wildman–Crippen LogP) is 2.02. The number of aromatic nitrogens is 2. The summed E-state index contributed by atoms with van der Waals surface area (Å²) in [5.41, 5.74) is 5.05. The van der Waals surface area contributed by atoms with E-state index in [1.54, 1.807) is 18.5 Å². The van der Waals surface area contributed by atoms with Gasteiger partial charge >= 0.3 is 5.69 Å². The molecule has 0 aliphatic carbocycles. The highest BCUT2D eigenvalue weighted by Gasteiger charge is 2.30. The zero-order valence-electron chi connectivity index (χ0n) is 14.1. The summed E-state index contributed by atoms with van der Waals surface area (Å²) in [5.74, 6) is 0.374. The van der Waals surface area contributed by atoms with E-state index in [1.165, 1.54) is 4.57 Å². The van der Waals surface area contributed by atoms with Gasteiger partial charge in [0.25, 0.3) is 0 Å². The molecule has 1 aromatic rings. The van der Waals surface area contributed by atoms with Crippen LogP contribution in [0, 0.1) is 0 Å². The average Bonchev–Trinajstić information content (AvgIpc) is 2.93. The van der Waals surface area contributed by atoms with Gasteiger partial charge in [-0.3, -0.25) is 4.57 Å². The van der Waals surface area contributed by atoms with Crippen LogP contribution in [0.3, 0.4) is 0 Å². The Kier molecular flexibility index (Phi) is 5.30. The van der Waals surface area contributed by atoms with E-state index in [0.29, 0.717) is 12.8 Å². The van der Waals surface area contributed by atoms with Crippen molar-refractivity contribution in [2.75, 3.05) is 5.73 Å². The van der Waals surface area contributed by atoms with Gasteiger partial charge in [0.2, 0.25) is 0 Å². The number of anilines is 1. The zero-order valence-corrected chi connectivity index (χ0v) is 14.1. The molecule has 1 fully saturated rings. The molecular formula is C16H26N4O3. The summed E-state index contributed by atoms with van der Waals surface area (Å²) in [6, 6.07) is 2.11. The lowest BCUT2D eigenvalue weighted by atomic mass is 10.2. The van der Waals surface area contributed by atoms with Gasteiger partial charge in [-0.15, -0.1) is 0 Å². The highest BCUT2D eigenvalue weighted by Crippen LogP contribution is 2.30.